The van der Waals surface area contributed by atoms with Crippen molar-refractivity contribution < 1.29 is 19.3 Å². The van der Waals surface area contributed by atoms with E-state index in [2.05, 4.69) is 11.5 Å². The van der Waals surface area contributed by atoms with Gasteiger partial charge in [-0.25, -0.2) is 4.79 Å². The molecule has 0 spiro atoms. The second-order valence-corrected chi connectivity index (χ2v) is 3.13. The molecule has 0 bridgehead atoms. The van der Waals surface area contributed by atoms with Crippen LogP contribution in [0.25, 0.3) is 0 Å². The highest BCUT2D eigenvalue weighted by Gasteiger charge is 2.31. The molecule has 1 aliphatic heterocycles. The first kappa shape index (κ1) is 10.2. The van der Waals surface area contributed by atoms with E-state index in [1.807, 2.05) is 0 Å². The first-order chi connectivity index (χ1) is 6.16. The second kappa shape index (κ2) is 4.39. The molecule has 0 aromatic rings. The lowest BCUT2D eigenvalue weighted by atomic mass is 10.1. The molecule has 0 aliphatic carbocycles. The SMILES string of the molecule is C=CC(=O)OOC1(C)CCCCO1. The van der Waals surface area contributed by atoms with E-state index in [-0.39, 0.29) is 0 Å². The molecule has 1 fully saturated rings. The molecule has 1 atom stereocenters. The minimum atomic E-state index is -0.781. The van der Waals surface area contributed by atoms with Crippen molar-refractivity contribution in [3.8, 4) is 0 Å². The van der Waals surface area contributed by atoms with Gasteiger partial charge in [0.2, 0.25) is 5.79 Å². The Morgan fingerprint density at radius 1 is 1.62 bits per heavy atom. The van der Waals surface area contributed by atoms with Crippen LogP contribution in [0.2, 0.25) is 0 Å². The van der Waals surface area contributed by atoms with Crippen molar-refractivity contribution in [3.05, 3.63) is 12.7 Å². The van der Waals surface area contributed by atoms with Crippen LogP contribution in [0.5, 0.6) is 0 Å². The number of hydrogen-bond donors (Lipinski definition) is 0. The van der Waals surface area contributed by atoms with Gasteiger partial charge in [-0.05, 0) is 19.8 Å². The summed E-state index contributed by atoms with van der Waals surface area (Å²) in [7, 11) is 0. The maximum Gasteiger partial charge on any atom is 0.365 e. The van der Waals surface area contributed by atoms with Crippen LogP contribution in [0.4, 0.5) is 0 Å². The average molecular weight is 186 g/mol. The maximum atomic E-state index is 10.7. The van der Waals surface area contributed by atoms with Crippen molar-refractivity contribution in [3.63, 3.8) is 0 Å². The Morgan fingerprint density at radius 3 is 2.92 bits per heavy atom. The van der Waals surface area contributed by atoms with Crippen LogP contribution >= 0.6 is 0 Å². The summed E-state index contributed by atoms with van der Waals surface area (Å²) in [5.74, 6) is -1.38. The first-order valence-corrected chi connectivity index (χ1v) is 4.32. The molecule has 13 heavy (non-hydrogen) atoms. The zero-order valence-electron chi connectivity index (χ0n) is 7.75. The molecule has 0 aromatic heterocycles. The summed E-state index contributed by atoms with van der Waals surface area (Å²) in [5.41, 5.74) is 0. The van der Waals surface area contributed by atoms with Crippen LogP contribution in [0.3, 0.4) is 0 Å². The Morgan fingerprint density at radius 2 is 2.38 bits per heavy atom. The van der Waals surface area contributed by atoms with Gasteiger partial charge in [0.05, 0.1) is 6.61 Å². The topological polar surface area (TPSA) is 44.8 Å². The van der Waals surface area contributed by atoms with Crippen LogP contribution in [-0.4, -0.2) is 18.4 Å². The third-order valence-electron chi connectivity index (χ3n) is 1.90. The number of carbonyl (C=O) groups excluding carboxylic acids is 1. The van der Waals surface area contributed by atoms with Gasteiger partial charge in [-0.2, -0.15) is 0 Å². The molecular formula is C9H14O4. The van der Waals surface area contributed by atoms with Gasteiger partial charge in [0.25, 0.3) is 0 Å². The van der Waals surface area contributed by atoms with Crippen LogP contribution in [0, 0.1) is 0 Å². The molecule has 4 heteroatoms. The van der Waals surface area contributed by atoms with Gasteiger partial charge in [0.15, 0.2) is 0 Å². The highest BCUT2D eigenvalue weighted by molar-refractivity contribution is 5.80. The van der Waals surface area contributed by atoms with E-state index in [0.717, 1.165) is 25.3 Å². The summed E-state index contributed by atoms with van der Waals surface area (Å²) >= 11 is 0. The normalized spacial score (nSPS) is 28.1. The fourth-order valence-corrected chi connectivity index (χ4v) is 1.14. The van der Waals surface area contributed by atoms with Crippen molar-refractivity contribution in [2.24, 2.45) is 0 Å². The molecular weight excluding hydrogens is 172 g/mol. The lowest BCUT2D eigenvalue weighted by Gasteiger charge is -2.30. The van der Waals surface area contributed by atoms with E-state index >= 15 is 0 Å². The van der Waals surface area contributed by atoms with E-state index < -0.39 is 11.8 Å². The molecule has 0 N–H and O–H groups in total. The molecule has 4 nitrogen and oxygen atoms in total. The van der Waals surface area contributed by atoms with E-state index in [1.165, 1.54) is 0 Å². The van der Waals surface area contributed by atoms with Gasteiger partial charge in [0.1, 0.15) is 0 Å². The second-order valence-electron chi connectivity index (χ2n) is 3.13. The van der Waals surface area contributed by atoms with Crippen molar-refractivity contribution in [1.29, 1.82) is 0 Å². The lowest BCUT2D eigenvalue weighted by molar-refractivity contribution is -0.404. The van der Waals surface area contributed by atoms with Gasteiger partial charge < -0.3 is 4.74 Å². The molecule has 0 saturated carbocycles. The summed E-state index contributed by atoms with van der Waals surface area (Å²) in [4.78, 5) is 20.0. The van der Waals surface area contributed by atoms with Gasteiger partial charge in [-0.1, -0.05) is 6.58 Å². The Kier molecular flexibility index (Phi) is 3.45. The van der Waals surface area contributed by atoms with Gasteiger partial charge in [0, 0.05) is 12.5 Å². The fraction of sp³-hybridized carbons (Fsp3) is 0.667. The first-order valence-electron chi connectivity index (χ1n) is 4.32. The highest BCUT2D eigenvalue weighted by atomic mass is 17.2. The molecule has 1 rings (SSSR count). The van der Waals surface area contributed by atoms with Gasteiger partial charge in [-0.15, -0.1) is 4.89 Å². The predicted molar refractivity (Wildman–Crippen MR) is 45.6 cm³/mol. The summed E-state index contributed by atoms with van der Waals surface area (Å²) in [5, 5.41) is 0. The van der Waals surface area contributed by atoms with E-state index in [1.54, 1.807) is 6.92 Å². The van der Waals surface area contributed by atoms with Crippen LogP contribution < -0.4 is 0 Å². The zero-order valence-corrected chi connectivity index (χ0v) is 7.75. The van der Waals surface area contributed by atoms with Crippen molar-refractivity contribution in [2.75, 3.05) is 6.61 Å². The molecule has 74 valence electrons. The third kappa shape index (κ3) is 3.16. The third-order valence-corrected chi connectivity index (χ3v) is 1.90. The quantitative estimate of drug-likeness (QED) is 0.381. The molecule has 0 aromatic carbocycles. The van der Waals surface area contributed by atoms with Crippen molar-refractivity contribution in [1.82, 2.24) is 0 Å². The molecule has 1 saturated heterocycles. The number of rotatable bonds is 3. The largest absolute Gasteiger partial charge is 0.365 e. The monoisotopic (exact) mass is 186 g/mol. The Bertz CT molecular complexity index is 194. The van der Waals surface area contributed by atoms with E-state index in [9.17, 15) is 4.79 Å². The molecule has 1 heterocycles. The number of hydrogen-bond acceptors (Lipinski definition) is 4. The number of ether oxygens (including phenoxy) is 1. The average Bonchev–Trinajstić information content (AvgIpc) is 2.15. The maximum absolute atomic E-state index is 10.7. The molecule has 0 radical (unpaired) electrons. The van der Waals surface area contributed by atoms with Gasteiger partial charge >= 0.3 is 5.97 Å². The predicted octanol–water partition coefficient (Wildman–Crippen LogP) is 1.56. The summed E-state index contributed by atoms with van der Waals surface area (Å²) in [6, 6.07) is 0. The number of carbonyl (C=O) groups is 1. The standard InChI is InChI=1S/C9H14O4/c1-3-8(10)12-13-9(2)6-4-5-7-11-9/h3H,1,4-7H2,2H3. The fourth-order valence-electron chi connectivity index (χ4n) is 1.14. The van der Waals surface area contributed by atoms with Crippen molar-refractivity contribution >= 4 is 5.97 Å². The van der Waals surface area contributed by atoms with Crippen molar-refractivity contribution in [2.45, 2.75) is 32.0 Å². The molecule has 0 amide bonds. The summed E-state index contributed by atoms with van der Waals surface area (Å²) in [6.07, 6.45) is 3.82. The highest BCUT2D eigenvalue weighted by Crippen LogP contribution is 2.25. The molecule has 1 aliphatic rings. The smallest absolute Gasteiger partial charge is 0.347 e. The summed E-state index contributed by atoms with van der Waals surface area (Å²) in [6.45, 7) is 5.65. The van der Waals surface area contributed by atoms with Crippen LogP contribution in [0.15, 0.2) is 12.7 Å². The lowest BCUT2D eigenvalue weighted by Crippen LogP contribution is -2.36. The Hall–Kier alpha value is -0.870. The molecule has 1 unspecified atom stereocenters. The zero-order chi connectivity index (χ0) is 9.73. The van der Waals surface area contributed by atoms with E-state index in [0.29, 0.717) is 6.61 Å². The van der Waals surface area contributed by atoms with Crippen LogP contribution in [0.1, 0.15) is 26.2 Å². The van der Waals surface area contributed by atoms with E-state index in [4.69, 9.17) is 9.62 Å². The minimum Gasteiger partial charge on any atom is -0.347 e. The Labute approximate surface area is 77.4 Å². The Balaban J connectivity index is 2.32. The minimum absolute atomic E-state index is 0.601. The summed E-state index contributed by atoms with van der Waals surface area (Å²) < 4.78 is 5.33. The van der Waals surface area contributed by atoms with Gasteiger partial charge in [-0.3, -0.25) is 4.89 Å². The van der Waals surface area contributed by atoms with Crippen LogP contribution in [-0.2, 0) is 19.3 Å².